The van der Waals surface area contributed by atoms with Crippen molar-refractivity contribution in [3.8, 4) is 0 Å². The van der Waals surface area contributed by atoms with Crippen LogP contribution in [0, 0.1) is 13.8 Å². The maximum atomic E-state index is 8.73. The Balaban J connectivity index is 2.31. The first-order valence-electron chi connectivity index (χ1n) is 6.49. The summed E-state index contributed by atoms with van der Waals surface area (Å²) in [6.07, 6.45) is 3.10. The molecule has 2 heteroatoms. The zero-order valence-electron chi connectivity index (χ0n) is 11.4. The van der Waals surface area contributed by atoms with Crippen LogP contribution in [0.5, 0.6) is 0 Å². The molecule has 2 nitrogen and oxygen atoms in total. The van der Waals surface area contributed by atoms with Crippen molar-refractivity contribution in [2.75, 3.05) is 26.7 Å². The molecule has 0 aliphatic heterocycles. The van der Waals surface area contributed by atoms with Crippen molar-refractivity contribution in [1.82, 2.24) is 4.90 Å². The van der Waals surface area contributed by atoms with E-state index in [1.165, 1.54) is 16.7 Å². The fourth-order valence-electron chi connectivity index (χ4n) is 1.88. The van der Waals surface area contributed by atoms with Gasteiger partial charge in [-0.05, 0) is 63.4 Å². The molecule has 0 saturated carbocycles. The molecule has 0 aromatic heterocycles. The van der Waals surface area contributed by atoms with Gasteiger partial charge in [0.25, 0.3) is 0 Å². The molecule has 0 spiro atoms. The van der Waals surface area contributed by atoms with Crippen molar-refractivity contribution in [3.63, 3.8) is 0 Å². The number of aliphatic hydroxyl groups is 1. The van der Waals surface area contributed by atoms with Crippen molar-refractivity contribution < 1.29 is 5.11 Å². The Labute approximate surface area is 105 Å². The van der Waals surface area contributed by atoms with Gasteiger partial charge in [0.2, 0.25) is 0 Å². The first kappa shape index (κ1) is 14.2. The summed E-state index contributed by atoms with van der Waals surface area (Å²) in [4.78, 5) is 2.34. The number of hydrogen-bond acceptors (Lipinski definition) is 2. The van der Waals surface area contributed by atoms with Crippen LogP contribution < -0.4 is 0 Å². The smallest absolute Gasteiger partial charge is 0.0431 e. The monoisotopic (exact) mass is 235 g/mol. The van der Waals surface area contributed by atoms with Gasteiger partial charge in [-0.15, -0.1) is 0 Å². The maximum absolute atomic E-state index is 8.73. The first-order valence-corrected chi connectivity index (χ1v) is 6.49. The topological polar surface area (TPSA) is 23.5 Å². The minimum atomic E-state index is 0.311. The predicted molar refractivity (Wildman–Crippen MR) is 73.4 cm³/mol. The lowest BCUT2D eigenvalue weighted by Crippen LogP contribution is -2.22. The van der Waals surface area contributed by atoms with Crippen LogP contribution in [0.1, 0.15) is 29.5 Å². The van der Waals surface area contributed by atoms with Crippen LogP contribution in [0.2, 0.25) is 0 Å². The molecular formula is C15H25NO. The third kappa shape index (κ3) is 5.33. The van der Waals surface area contributed by atoms with Crippen LogP contribution >= 0.6 is 0 Å². The molecule has 96 valence electrons. The molecule has 0 aliphatic rings. The zero-order chi connectivity index (χ0) is 12.7. The van der Waals surface area contributed by atoms with Gasteiger partial charge in [-0.2, -0.15) is 0 Å². The van der Waals surface area contributed by atoms with Gasteiger partial charge in [0.15, 0.2) is 0 Å². The summed E-state index contributed by atoms with van der Waals surface area (Å²) in [7, 11) is 2.15. The standard InChI is InChI=1S/C15H25NO/c1-13-6-7-15(12-14(13)2)8-10-16(3)9-4-5-11-17/h6-7,12,17H,4-5,8-11H2,1-3H3. The van der Waals surface area contributed by atoms with E-state index in [9.17, 15) is 0 Å². The third-order valence-electron chi connectivity index (χ3n) is 3.30. The lowest BCUT2D eigenvalue weighted by Gasteiger charge is -2.16. The van der Waals surface area contributed by atoms with Gasteiger partial charge in [-0.3, -0.25) is 0 Å². The zero-order valence-corrected chi connectivity index (χ0v) is 11.4. The van der Waals surface area contributed by atoms with E-state index in [0.29, 0.717) is 6.61 Å². The Morgan fingerprint density at radius 1 is 1.06 bits per heavy atom. The second kappa shape index (κ2) is 7.46. The largest absolute Gasteiger partial charge is 0.396 e. The Morgan fingerprint density at radius 3 is 2.47 bits per heavy atom. The molecule has 1 N–H and O–H groups in total. The van der Waals surface area contributed by atoms with E-state index in [4.69, 9.17) is 5.11 Å². The van der Waals surface area contributed by atoms with Gasteiger partial charge in [-0.1, -0.05) is 18.2 Å². The van der Waals surface area contributed by atoms with Crippen LogP contribution in [-0.4, -0.2) is 36.8 Å². The van der Waals surface area contributed by atoms with Gasteiger partial charge >= 0.3 is 0 Å². The molecule has 0 radical (unpaired) electrons. The van der Waals surface area contributed by atoms with Crippen molar-refractivity contribution in [2.45, 2.75) is 33.1 Å². The van der Waals surface area contributed by atoms with Crippen molar-refractivity contribution in [1.29, 1.82) is 0 Å². The van der Waals surface area contributed by atoms with E-state index >= 15 is 0 Å². The van der Waals surface area contributed by atoms with E-state index in [-0.39, 0.29) is 0 Å². The van der Waals surface area contributed by atoms with Crippen molar-refractivity contribution in [2.24, 2.45) is 0 Å². The van der Waals surface area contributed by atoms with E-state index in [1.807, 2.05) is 0 Å². The SMILES string of the molecule is Cc1ccc(CCN(C)CCCCO)cc1C. The molecule has 0 fully saturated rings. The van der Waals surface area contributed by atoms with Gasteiger partial charge in [0, 0.05) is 13.2 Å². The van der Waals surface area contributed by atoms with E-state index in [2.05, 4.69) is 44.0 Å². The minimum Gasteiger partial charge on any atom is -0.396 e. The van der Waals surface area contributed by atoms with Crippen LogP contribution in [0.4, 0.5) is 0 Å². The summed E-state index contributed by atoms with van der Waals surface area (Å²) in [5, 5.41) is 8.73. The number of hydrogen-bond donors (Lipinski definition) is 1. The highest BCUT2D eigenvalue weighted by atomic mass is 16.2. The summed E-state index contributed by atoms with van der Waals surface area (Å²) in [5.41, 5.74) is 4.16. The Bertz CT molecular complexity index is 336. The molecular weight excluding hydrogens is 210 g/mol. The number of aliphatic hydroxyl groups excluding tert-OH is 1. The molecule has 1 rings (SSSR count). The van der Waals surface area contributed by atoms with Crippen molar-refractivity contribution in [3.05, 3.63) is 34.9 Å². The number of benzene rings is 1. The number of likely N-dealkylation sites (N-methyl/N-ethyl adjacent to an activating group) is 1. The molecule has 0 saturated heterocycles. The average molecular weight is 235 g/mol. The highest BCUT2D eigenvalue weighted by molar-refractivity contribution is 5.29. The fourth-order valence-corrected chi connectivity index (χ4v) is 1.88. The highest BCUT2D eigenvalue weighted by Crippen LogP contribution is 2.10. The molecule has 0 aliphatic carbocycles. The van der Waals surface area contributed by atoms with Gasteiger partial charge in [0.1, 0.15) is 0 Å². The van der Waals surface area contributed by atoms with Crippen LogP contribution in [0.25, 0.3) is 0 Å². The van der Waals surface area contributed by atoms with Gasteiger partial charge in [0.05, 0.1) is 0 Å². The van der Waals surface area contributed by atoms with Crippen LogP contribution in [0.3, 0.4) is 0 Å². The molecule has 1 aromatic carbocycles. The number of nitrogens with zero attached hydrogens (tertiary/aromatic N) is 1. The Hall–Kier alpha value is -0.860. The normalized spacial score (nSPS) is 11.1. The maximum Gasteiger partial charge on any atom is 0.0431 e. The van der Waals surface area contributed by atoms with Gasteiger partial charge < -0.3 is 10.0 Å². The molecule has 0 heterocycles. The van der Waals surface area contributed by atoms with E-state index in [0.717, 1.165) is 32.4 Å². The third-order valence-corrected chi connectivity index (χ3v) is 3.30. The molecule has 1 aromatic rings. The van der Waals surface area contributed by atoms with E-state index in [1.54, 1.807) is 0 Å². The molecule has 0 amide bonds. The quantitative estimate of drug-likeness (QED) is 0.734. The van der Waals surface area contributed by atoms with Crippen molar-refractivity contribution >= 4 is 0 Å². The summed E-state index contributed by atoms with van der Waals surface area (Å²) in [6, 6.07) is 6.72. The number of unbranched alkanes of at least 4 members (excludes halogenated alkanes) is 1. The average Bonchev–Trinajstić information content (AvgIpc) is 2.31. The summed E-state index contributed by atoms with van der Waals surface area (Å²) in [5.74, 6) is 0. The summed E-state index contributed by atoms with van der Waals surface area (Å²) < 4.78 is 0. The molecule has 0 atom stereocenters. The molecule has 0 unspecified atom stereocenters. The highest BCUT2D eigenvalue weighted by Gasteiger charge is 2.00. The second-order valence-corrected chi connectivity index (χ2v) is 4.90. The first-order chi connectivity index (χ1) is 8.13. The summed E-state index contributed by atoms with van der Waals surface area (Å²) in [6.45, 7) is 6.80. The van der Waals surface area contributed by atoms with Gasteiger partial charge in [-0.25, -0.2) is 0 Å². The lowest BCUT2D eigenvalue weighted by molar-refractivity contribution is 0.264. The number of aryl methyl sites for hydroxylation is 2. The minimum absolute atomic E-state index is 0.311. The predicted octanol–water partition coefficient (Wildman–Crippen LogP) is 2.55. The number of rotatable bonds is 7. The van der Waals surface area contributed by atoms with Crippen LogP contribution in [0.15, 0.2) is 18.2 Å². The molecule has 0 bridgehead atoms. The van der Waals surface area contributed by atoms with E-state index < -0.39 is 0 Å². The second-order valence-electron chi connectivity index (χ2n) is 4.90. The molecule has 17 heavy (non-hydrogen) atoms. The Morgan fingerprint density at radius 2 is 1.82 bits per heavy atom. The Kier molecular flexibility index (Phi) is 6.23. The summed E-state index contributed by atoms with van der Waals surface area (Å²) >= 11 is 0. The lowest BCUT2D eigenvalue weighted by atomic mass is 10.0. The van der Waals surface area contributed by atoms with Crippen LogP contribution in [-0.2, 0) is 6.42 Å². The fraction of sp³-hybridized carbons (Fsp3) is 0.600.